The summed E-state index contributed by atoms with van der Waals surface area (Å²) in [5.41, 5.74) is 7.45. The number of benzene rings is 1. The summed E-state index contributed by atoms with van der Waals surface area (Å²) in [4.78, 5) is 2.33. The first kappa shape index (κ1) is 17.1. The molecule has 0 spiro atoms. The van der Waals surface area contributed by atoms with Crippen LogP contribution in [0.4, 0.5) is 0 Å². The fraction of sp³-hybridized carbons (Fsp3) is 0.571. The van der Waals surface area contributed by atoms with Crippen molar-refractivity contribution in [2.45, 2.75) is 37.8 Å². The maximum absolute atomic E-state index is 12.3. The second kappa shape index (κ2) is 7.17. The third-order valence-electron chi connectivity index (χ3n) is 3.21. The average molecular weight is 299 g/mol. The summed E-state index contributed by atoms with van der Waals surface area (Å²) < 4.78 is 27.3. The molecule has 5 nitrogen and oxygen atoms in total. The van der Waals surface area contributed by atoms with E-state index in [0.29, 0.717) is 11.4 Å². The van der Waals surface area contributed by atoms with Gasteiger partial charge in [0.15, 0.2) is 0 Å². The first-order valence-electron chi connectivity index (χ1n) is 6.73. The van der Waals surface area contributed by atoms with Crippen LogP contribution in [0.3, 0.4) is 0 Å². The quantitative estimate of drug-likeness (QED) is 0.790. The molecule has 1 unspecified atom stereocenters. The molecule has 0 amide bonds. The molecule has 0 bridgehead atoms. The summed E-state index contributed by atoms with van der Waals surface area (Å²) in [6.45, 7) is 5.01. The molecule has 0 radical (unpaired) electrons. The van der Waals surface area contributed by atoms with E-state index in [9.17, 15) is 8.42 Å². The zero-order valence-electron chi connectivity index (χ0n) is 12.7. The van der Waals surface area contributed by atoms with E-state index in [2.05, 4.69) is 4.72 Å². The Hall–Kier alpha value is -0.950. The van der Waals surface area contributed by atoms with Gasteiger partial charge in [-0.25, -0.2) is 13.1 Å². The summed E-state index contributed by atoms with van der Waals surface area (Å²) in [5, 5.41) is 0. The minimum absolute atomic E-state index is 0.100. The molecule has 0 aliphatic carbocycles. The second-order valence-corrected chi connectivity index (χ2v) is 7.12. The standard InChI is InChI=1S/C14H25N3O2S/c1-11-9-14(6-5-13(11)10-15)20(18,19)16-12(2)7-8-17(3)4/h5-6,9,12,16H,7-8,10,15H2,1-4H3. The molecule has 114 valence electrons. The van der Waals surface area contributed by atoms with Crippen LogP contribution in [0.2, 0.25) is 0 Å². The molecule has 6 heteroatoms. The molecule has 0 saturated heterocycles. The van der Waals surface area contributed by atoms with Crippen molar-refractivity contribution in [1.29, 1.82) is 0 Å². The van der Waals surface area contributed by atoms with Gasteiger partial charge in [-0.1, -0.05) is 6.07 Å². The van der Waals surface area contributed by atoms with E-state index >= 15 is 0 Å². The highest BCUT2D eigenvalue weighted by Crippen LogP contribution is 2.15. The lowest BCUT2D eigenvalue weighted by Gasteiger charge is -2.17. The molecule has 1 aromatic carbocycles. The van der Waals surface area contributed by atoms with Crippen LogP contribution in [-0.4, -0.2) is 40.0 Å². The largest absolute Gasteiger partial charge is 0.326 e. The molecule has 0 aliphatic rings. The van der Waals surface area contributed by atoms with Crippen LogP contribution in [0.15, 0.2) is 23.1 Å². The minimum atomic E-state index is -3.46. The predicted octanol–water partition coefficient (Wildman–Crippen LogP) is 1.07. The van der Waals surface area contributed by atoms with Crippen molar-refractivity contribution in [2.75, 3.05) is 20.6 Å². The summed E-state index contributed by atoms with van der Waals surface area (Å²) in [6.07, 6.45) is 0.770. The predicted molar refractivity (Wildman–Crippen MR) is 82.0 cm³/mol. The minimum Gasteiger partial charge on any atom is -0.326 e. The molecule has 1 atom stereocenters. The smallest absolute Gasteiger partial charge is 0.240 e. The average Bonchev–Trinajstić information content (AvgIpc) is 2.35. The van der Waals surface area contributed by atoms with Crippen LogP contribution < -0.4 is 10.5 Å². The normalized spacial score (nSPS) is 13.7. The molecule has 1 rings (SSSR count). The SMILES string of the molecule is Cc1cc(S(=O)(=O)NC(C)CCN(C)C)ccc1CN. The molecule has 20 heavy (non-hydrogen) atoms. The zero-order valence-corrected chi connectivity index (χ0v) is 13.5. The van der Waals surface area contributed by atoms with E-state index in [1.54, 1.807) is 18.2 Å². The van der Waals surface area contributed by atoms with Crippen LogP contribution in [0.1, 0.15) is 24.5 Å². The van der Waals surface area contributed by atoms with Crippen LogP contribution in [0.5, 0.6) is 0 Å². The molecule has 1 aromatic rings. The molecular formula is C14H25N3O2S. The molecule has 0 heterocycles. The van der Waals surface area contributed by atoms with Crippen LogP contribution in [-0.2, 0) is 16.6 Å². The number of nitrogens with zero attached hydrogens (tertiary/aromatic N) is 1. The fourth-order valence-corrected chi connectivity index (χ4v) is 3.27. The van der Waals surface area contributed by atoms with Crippen molar-refractivity contribution in [3.8, 4) is 0 Å². The Labute approximate surface area is 122 Å². The topological polar surface area (TPSA) is 75.4 Å². The van der Waals surface area contributed by atoms with Crippen LogP contribution in [0.25, 0.3) is 0 Å². The van der Waals surface area contributed by atoms with E-state index in [1.165, 1.54) is 0 Å². The molecule has 0 fully saturated rings. The van der Waals surface area contributed by atoms with Crippen molar-refractivity contribution in [3.05, 3.63) is 29.3 Å². The van der Waals surface area contributed by atoms with Crippen molar-refractivity contribution >= 4 is 10.0 Å². The molecule has 3 N–H and O–H groups in total. The second-order valence-electron chi connectivity index (χ2n) is 5.41. The van der Waals surface area contributed by atoms with Gasteiger partial charge in [-0.2, -0.15) is 0 Å². The monoisotopic (exact) mass is 299 g/mol. The summed E-state index contributed by atoms with van der Waals surface area (Å²) in [5.74, 6) is 0. The lowest BCUT2D eigenvalue weighted by Crippen LogP contribution is -2.34. The van der Waals surface area contributed by atoms with Gasteiger partial charge >= 0.3 is 0 Å². The van der Waals surface area contributed by atoms with Crippen molar-refractivity contribution < 1.29 is 8.42 Å². The van der Waals surface area contributed by atoms with Gasteiger partial charge in [0.1, 0.15) is 0 Å². The Kier molecular flexibility index (Phi) is 6.13. The Morgan fingerprint density at radius 2 is 2.00 bits per heavy atom. The van der Waals surface area contributed by atoms with Crippen molar-refractivity contribution in [1.82, 2.24) is 9.62 Å². The van der Waals surface area contributed by atoms with Gasteiger partial charge < -0.3 is 10.6 Å². The first-order chi connectivity index (χ1) is 9.26. The number of aryl methyl sites for hydroxylation is 1. The van der Waals surface area contributed by atoms with E-state index in [4.69, 9.17) is 5.73 Å². The van der Waals surface area contributed by atoms with Crippen molar-refractivity contribution in [3.63, 3.8) is 0 Å². The number of sulfonamides is 1. The van der Waals surface area contributed by atoms with Gasteiger partial charge in [0.2, 0.25) is 10.0 Å². The highest BCUT2D eigenvalue weighted by atomic mass is 32.2. The van der Waals surface area contributed by atoms with E-state index < -0.39 is 10.0 Å². The van der Waals surface area contributed by atoms with E-state index in [0.717, 1.165) is 24.1 Å². The lowest BCUT2D eigenvalue weighted by atomic mass is 10.1. The summed E-state index contributed by atoms with van der Waals surface area (Å²) >= 11 is 0. The number of nitrogens with one attached hydrogen (secondary N) is 1. The van der Waals surface area contributed by atoms with Gasteiger partial charge in [0, 0.05) is 12.6 Å². The Balaban J connectivity index is 2.81. The Bertz CT molecular complexity index is 541. The van der Waals surface area contributed by atoms with Gasteiger partial charge in [0.05, 0.1) is 4.90 Å². The van der Waals surface area contributed by atoms with Gasteiger partial charge in [-0.05, 0) is 64.2 Å². The van der Waals surface area contributed by atoms with E-state index in [-0.39, 0.29) is 6.04 Å². The highest BCUT2D eigenvalue weighted by Gasteiger charge is 2.18. The number of hydrogen-bond acceptors (Lipinski definition) is 4. The molecule has 0 saturated carbocycles. The Morgan fingerprint density at radius 3 is 2.50 bits per heavy atom. The van der Waals surface area contributed by atoms with Crippen LogP contribution >= 0.6 is 0 Å². The van der Waals surface area contributed by atoms with Gasteiger partial charge in [-0.15, -0.1) is 0 Å². The molecular weight excluding hydrogens is 274 g/mol. The van der Waals surface area contributed by atoms with Crippen molar-refractivity contribution in [2.24, 2.45) is 5.73 Å². The molecule has 0 aromatic heterocycles. The lowest BCUT2D eigenvalue weighted by molar-refractivity contribution is 0.379. The molecule has 0 aliphatic heterocycles. The van der Waals surface area contributed by atoms with Crippen LogP contribution in [0, 0.1) is 6.92 Å². The highest BCUT2D eigenvalue weighted by molar-refractivity contribution is 7.89. The zero-order chi connectivity index (χ0) is 15.3. The van der Waals surface area contributed by atoms with Gasteiger partial charge in [0.25, 0.3) is 0 Å². The van der Waals surface area contributed by atoms with E-state index in [1.807, 2.05) is 32.8 Å². The summed E-state index contributed by atoms with van der Waals surface area (Å²) in [6, 6.07) is 4.95. The Morgan fingerprint density at radius 1 is 1.35 bits per heavy atom. The third-order valence-corrected chi connectivity index (χ3v) is 4.80. The maximum atomic E-state index is 12.3. The number of rotatable bonds is 7. The number of nitrogens with two attached hydrogens (primary N) is 1. The summed E-state index contributed by atoms with van der Waals surface area (Å²) in [7, 11) is 0.473. The number of hydrogen-bond donors (Lipinski definition) is 2. The third kappa shape index (κ3) is 4.86. The van der Waals surface area contributed by atoms with Gasteiger partial charge in [-0.3, -0.25) is 0 Å². The first-order valence-corrected chi connectivity index (χ1v) is 8.21. The fourth-order valence-electron chi connectivity index (χ4n) is 1.91. The maximum Gasteiger partial charge on any atom is 0.240 e.